The van der Waals surface area contributed by atoms with Crippen molar-refractivity contribution in [1.82, 2.24) is 0 Å². The predicted molar refractivity (Wildman–Crippen MR) is 104 cm³/mol. The van der Waals surface area contributed by atoms with Crippen LogP contribution in [-0.2, 0) is 19.0 Å². The number of rotatable bonds is 7. The van der Waals surface area contributed by atoms with E-state index in [0.29, 0.717) is 0 Å². The lowest BCUT2D eigenvalue weighted by Crippen LogP contribution is -2.07. The molecule has 0 atom stereocenters. The fourth-order valence-corrected chi connectivity index (χ4v) is 2.23. The Morgan fingerprint density at radius 1 is 0.917 bits per heavy atom. The second-order valence-electron chi connectivity index (χ2n) is 4.22. The van der Waals surface area contributed by atoms with E-state index in [9.17, 15) is 8.42 Å². The number of aryl methyl sites for hydroxylation is 1. The lowest BCUT2D eigenvalue weighted by molar-refractivity contribution is 0.162. The van der Waals surface area contributed by atoms with Crippen LogP contribution in [0.3, 0.4) is 0 Å². The van der Waals surface area contributed by atoms with Crippen LogP contribution in [0.1, 0.15) is 39.2 Å². The normalized spacial score (nSPS) is 9.33. The molecule has 0 radical (unpaired) electrons. The lowest BCUT2D eigenvalue weighted by Gasteiger charge is -2.04. The van der Waals surface area contributed by atoms with Crippen LogP contribution < -0.4 is 0 Å². The zero-order valence-corrected chi connectivity index (χ0v) is 16.5. The summed E-state index contributed by atoms with van der Waals surface area (Å²) < 4.78 is 32.9. The van der Waals surface area contributed by atoms with Crippen LogP contribution in [0.2, 0.25) is 0 Å². The van der Waals surface area contributed by atoms with Crippen LogP contribution in [0.25, 0.3) is 0 Å². The van der Waals surface area contributed by atoms with Gasteiger partial charge in [-0.2, -0.15) is 8.42 Å². The van der Waals surface area contributed by atoms with Gasteiger partial charge in [0.25, 0.3) is 10.1 Å². The average Bonchev–Trinajstić information content (AvgIpc) is 2.60. The van der Waals surface area contributed by atoms with Gasteiger partial charge < -0.3 is 4.74 Å². The van der Waals surface area contributed by atoms with Gasteiger partial charge in [-0.05, 0) is 39.3 Å². The fraction of sp³-hybridized carbons (Fsp3) is 0.474. The smallest absolute Gasteiger partial charge is 0.296 e. The summed E-state index contributed by atoms with van der Waals surface area (Å²) in [6, 6.07) is 6.65. The quantitative estimate of drug-likeness (QED) is 0.384. The van der Waals surface area contributed by atoms with E-state index < -0.39 is 10.1 Å². The van der Waals surface area contributed by atoms with Gasteiger partial charge in [-0.3, -0.25) is 4.18 Å². The molecule has 0 amide bonds. The molecule has 0 aliphatic heterocycles. The summed E-state index contributed by atoms with van der Waals surface area (Å²) in [5, 5.41) is 0. The molecule has 4 nitrogen and oxygen atoms in total. The zero-order chi connectivity index (χ0) is 19.4. The minimum Gasteiger partial charge on any atom is -0.382 e. The van der Waals surface area contributed by atoms with Gasteiger partial charge in [0, 0.05) is 13.2 Å². The van der Waals surface area contributed by atoms with E-state index in [0.717, 1.165) is 31.6 Å². The second-order valence-corrected chi connectivity index (χ2v) is 5.84. The van der Waals surface area contributed by atoms with Gasteiger partial charge in [-0.1, -0.05) is 31.0 Å². The van der Waals surface area contributed by atoms with Crippen molar-refractivity contribution in [3.8, 4) is 0 Å². The molecule has 0 N–H and O–H groups in total. The highest BCUT2D eigenvalue weighted by molar-refractivity contribution is 7.86. The molecule has 24 heavy (non-hydrogen) atoms. The highest BCUT2D eigenvalue weighted by Crippen LogP contribution is 2.13. The Morgan fingerprint density at radius 2 is 1.38 bits per heavy atom. The third-order valence-corrected chi connectivity index (χ3v) is 3.78. The van der Waals surface area contributed by atoms with Crippen molar-refractivity contribution in [3.63, 3.8) is 0 Å². The minimum atomic E-state index is -3.55. The van der Waals surface area contributed by atoms with Crippen molar-refractivity contribution in [3.05, 3.63) is 56.1 Å². The summed E-state index contributed by atoms with van der Waals surface area (Å²) in [4.78, 5) is 0.226. The molecule has 1 aromatic rings. The first-order valence-electron chi connectivity index (χ1n) is 8.01. The standard InChI is InChI=1S/C11H16O3S.C4H10O.2C2H4/c1-3-4-9-14-15(12,13)11-7-5-10(2)6-8-11;1-3-5-4-2;2*1-2/h5-8H,3-4,9H2,1-2H3;3-4H2,1-2H3;2*1-2H2. The molecular formula is C19H34O4S. The first-order valence-corrected chi connectivity index (χ1v) is 9.42. The van der Waals surface area contributed by atoms with Crippen molar-refractivity contribution in [1.29, 1.82) is 0 Å². The highest BCUT2D eigenvalue weighted by atomic mass is 32.2. The van der Waals surface area contributed by atoms with Crippen LogP contribution in [0, 0.1) is 6.92 Å². The first kappa shape index (κ1) is 27.4. The molecule has 0 bridgehead atoms. The van der Waals surface area contributed by atoms with Gasteiger partial charge in [0.15, 0.2) is 0 Å². The van der Waals surface area contributed by atoms with Gasteiger partial charge in [-0.15, -0.1) is 26.3 Å². The van der Waals surface area contributed by atoms with Gasteiger partial charge in [-0.25, -0.2) is 0 Å². The maximum Gasteiger partial charge on any atom is 0.296 e. The summed E-state index contributed by atoms with van der Waals surface area (Å²) in [6.07, 6.45) is 1.68. The van der Waals surface area contributed by atoms with Crippen LogP contribution in [0.4, 0.5) is 0 Å². The van der Waals surface area contributed by atoms with Crippen LogP contribution in [-0.4, -0.2) is 28.2 Å². The molecule has 1 rings (SSSR count). The highest BCUT2D eigenvalue weighted by Gasteiger charge is 2.13. The first-order chi connectivity index (χ1) is 11.5. The van der Waals surface area contributed by atoms with E-state index >= 15 is 0 Å². The Bertz CT molecular complexity index is 463. The number of unbranched alkanes of at least 4 members (excludes halogenated alkanes) is 1. The van der Waals surface area contributed by atoms with E-state index in [1.165, 1.54) is 0 Å². The molecule has 0 heterocycles. The number of hydrogen-bond acceptors (Lipinski definition) is 4. The molecule has 0 aliphatic rings. The third-order valence-electron chi connectivity index (χ3n) is 2.45. The minimum absolute atomic E-state index is 0.226. The summed E-state index contributed by atoms with van der Waals surface area (Å²) in [6.45, 7) is 21.8. The molecule has 0 aromatic heterocycles. The van der Waals surface area contributed by atoms with E-state index in [1.807, 2.05) is 27.7 Å². The SMILES string of the molecule is C=C.C=C.CCCCOS(=O)(=O)c1ccc(C)cc1.CCOCC. The Hall–Kier alpha value is -1.43. The Kier molecular flexibility index (Phi) is 22.4. The van der Waals surface area contributed by atoms with Gasteiger partial charge in [0.05, 0.1) is 11.5 Å². The molecule has 1 aromatic carbocycles. The fourth-order valence-electron chi connectivity index (χ4n) is 1.29. The second kappa shape index (κ2) is 19.6. The largest absolute Gasteiger partial charge is 0.382 e. The van der Waals surface area contributed by atoms with Crippen molar-refractivity contribution >= 4 is 10.1 Å². The van der Waals surface area contributed by atoms with Crippen molar-refractivity contribution < 1.29 is 17.3 Å². The van der Waals surface area contributed by atoms with E-state index in [4.69, 9.17) is 8.92 Å². The Labute approximate surface area is 149 Å². The van der Waals surface area contributed by atoms with Crippen LogP contribution >= 0.6 is 0 Å². The molecule has 0 aliphatic carbocycles. The van der Waals surface area contributed by atoms with Gasteiger partial charge >= 0.3 is 0 Å². The monoisotopic (exact) mass is 358 g/mol. The summed E-state index contributed by atoms with van der Waals surface area (Å²) in [5.41, 5.74) is 1.03. The molecule has 0 saturated heterocycles. The lowest BCUT2D eigenvalue weighted by atomic mass is 10.2. The Balaban J connectivity index is -0.000000413. The molecule has 0 fully saturated rings. The third kappa shape index (κ3) is 15.5. The van der Waals surface area contributed by atoms with Crippen molar-refractivity contribution in [2.75, 3.05) is 19.8 Å². The number of benzene rings is 1. The van der Waals surface area contributed by atoms with E-state index in [1.54, 1.807) is 24.3 Å². The molecule has 0 spiro atoms. The van der Waals surface area contributed by atoms with E-state index in [-0.39, 0.29) is 11.5 Å². The molecule has 5 heteroatoms. The summed E-state index contributed by atoms with van der Waals surface area (Å²) in [7, 11) is -3.55. The van der Waals surface area contributed by atoms with Gasteiger partial charge in [0.2, 0.25) is 0 Å². The number of ether oxygens (including phenoxy) is 1. The van der Waals surface area contributed by atoms with Crippen molar-refractivity contribution in [2.24, 2.45) is 0 Å². The zero-order valence-electron chi connectivity index (χ0n) is 15.7. The van der Waals surface area contributed by atoms with Crippen LogP contribution in [0.15, 0.2) is 55.5 Å². The predicted octanol–water partition coefficient (Wildman–Crippen LogP) is 5.15. The Morgan fingerprint density at radius 3 is 1.71 bits per heavy atom. The van der Waals surface area contributed by atoms with Crippen molar-refractivity contribution in [2.45, 2.75) is 45.4 Å². The molecule has 0 unspecified atom stereocenters. The molecule has 0 saturated carbocycles. The van der Waals surface area contributed by atoms with Crippen LogP contribution in [0.5, 0.6) is 0 Å². The molecular weight excluding hydrogens is 324 g/mol. The maximum atomic E-state index is 11.6. The van der Waals surface area contributed by atoms with Gasteiger partial charge in [0.1, 0.15) is 0 Å². The topological polar surface area (TPSA) is 52.6 Å². The maximum absolute atomic E-state index is 11.6. The number of hydrogen-bond donors (Lipinski definition) is 0. The summed E-state index contributed by atoms with van der Waals surface area (Å²) in [5.74, 6) is 0. The average molecular weight is 359 g/mol. The van der Waals surface area contributed by atoms with E-state index in [2.05, 4.69) is 26.3 Å². The molecule has 140 valence electrons. The summed E-state index contributed by atoms with van der Waals surface area (Å²) >= 11 is 0.